The molecule has 0 atom stereocenters. The average Bonchev–Trinajstić information content (AvgIpc) is 2.66. The van der Waals surface area contributed by atoms with Crippen LogP contribution in [-0.4, -0.2) is 25.2 Å². The number of halogens is 1. The molecule has 1 heterocycles. The summed E-state index contributed by atoms with van der Waals surface area (Å²) in [5, 5.41) is 5.25. The highest BCUT2D eigenvalue weighted by atomic mass is 127. The van der Waals surface area contributed by atoms with Crippen molar-refractivity contribution in [3.05, 3.63) is 60.4 Å². The van der Waals surface area contributed by atoms with Crippen LogP contribution in [0.3, 0.4) is 0 Å². The third kappa shape index (κ3) is 4.54. The summed E-state index contributed by atoms with van der Waals surface area (Å²) < 4.78 is 10.6. The third-order valence-corrected chi connectivity index (χ3v) is 3.82. The standard InChI is InChI=1S/C19H20N4O2.HI/c1-24-14-7-8-18(25-2)16(11-14)23-19(20)22-12-17-15-6-4-3-5-13(15)9-10-21-17;/h3-11H,12H2,1-2H3,(H3,20,22,23);1H. The van der Waals surface area contributed by atoms with Crippen LogP contribution in [0.4, 0.5) is 5.69 Å². The highest BCUT2D eigenvalue weighted by Gasteiger charge is 2.07. The summed E-state index contributed by atoms with van der Waals surface area (Å²) in [6.07, 6.45) is 1.78. The van der Waals surface area contributed by atoms with Gasteiger partial charge in [-0.05, 0) is 23.6 Å². The number of ether oxygens (including phenoxy) is 2. The lowest BCUT2D eigenvalue weighted by Gasteiger charge is -2.12. The molecule has 3 rings (SSSR count). The molecule has 2 aromatic carbocycles. The Morgan fingerprint density at radius 2 is 1.92 bits per heavy atom. The molecule has 0 aliphatic heterocycles. The summed E-state index contributed by atoms with van der Waals surface area (Å²) in [7, 11) is 3.20. The molecule has 0 aliphatic rings. The number of aromatic nitrogens is 1. The van der Waals surface area contributed by atoms with Crippen LogP contribution in [0.2, 0.25) is 0 Å². The minimum absolute atomic E-state index is 0. The van der Waals surface area contributed by atoms with Crippen LogP contribution in [0.15, 0.2) is 59.7 Å². The first-order valence-corrected chi connectivity index (χ1v) is 7.83. The van der Waals surface area contributed by atoms with Crippen LogP contribution >= 0.6 is 24.0 Å². The van der Waals surface area contributed by atoms with E-state index in [2.05, 4.69) is 15.3 Å². The van der Waals surface area contributed by atoms with E-state index in [1.807, 2.05) is 36.4 Å². The number of benzene rings is 2. The number of hydrogen-bond donors (Lipinski definition) is 2. The number of nitrogens with zero attached hydrogens (tertiary/aromatic N) is 2. The first-order chi connectivity index (χ1) is 12.2. The summed E-state index contributed by atoms with van der Waals surface area (Å²) >= 11 is 0. The van der Waals surface area contributed by atoms with E-state index in [-0.39, 0.29) is 29.9 Å². The zero-order chi connectivity index (χ0) is 17.6. The lowest BCUT2D eigenvalue weighted by atomic mass is 10.1. The smallest absolute Gasteiger partial charge is 0.193 e. The molecule has 0 saturated carbocycles. The molecule has 0 saturated heterocycles. The van der Waals surface area contributed by atoms with Crippen molar-refractivity contribution in [2.24, 2.45) is 10.7 Å². The Labute approximate surface area is 169 Å². The summed E-state index contributed by atoms with van der Waals surface area (Å²) in [6.45, 7) is 0.381. The Kier molecular flexibility index (Phi) is 7.02. The second-order valence-electron chi connectivity index (χ2n) is 5.37. The molecule has 7 heteroatoms. The van der Waals surface area contributed by atoms with E-state index in [1.54, 1.807) is 32.5 Å². The van der Waals surface area contributed by atoms with E-state index in [0.29, 0.717) is 23.7 Å². The number of nitrogens with one attached hydrogen (secondary N) is 1. The molecule has 0 fully saturated rings. The highest BCUT2D eigenvalue weighted by molar-refractivity contribution is 14.0. The largest absolute Gasteiger partial charge is 0.497 e. The van der Waals surface area contributed by atoms with E-state index in [0.717, 1.165) is 16.5 Å². The molecule has 0 unspecified atom stereocenters. The maximum atomic E-state index is 6.03. The van der Waals surface area contributed by atoms with Crippen molar-refractivity contribution in [1.82, 2.24) is 4.98 Å². The molecule has 3 N–H and O–H groups in total. The van der Waals surface area contributed by atoms with Crippen LogP contribution in [0, 0.1) is 0 Å². The minimum atomic E-state index is 0. The van der Waals surface area contributed by atoms with Gasteiger partial charge in [-0.25, -0.2) is 4.99 Å². The number of pyridine rings is 1. The van der Waals surface area contributed by atoms with Crippen LogP contribution in [-0.2, 0) is 6.54 Å². The van der Waals surface area contributed by atoms with Crippen molar-refractivity contribution in [1.29, 1.82) is 0 Å². The van der Waals surface area contributed by atoms with Crippen molar-refractivity contribution in [2.45, 2.75) is 6.54 Å². The Balaban J connectivity index is 0.00000243. The van der Waals surface area contributed by atoms with Gasteiger partial charge >= 0.3 is 0 Å². The van der Waals surface area contributed by atoms with Crippen molar-refractivity contribution in [3.8, 4) is 11.5 Å². The fourth-order valence-corrected chi connectivity index (χ4v) is 2.56. The fourth-order valence-electron chi connectivity index (χ4n) is 2.56. The van der Waals surface area contributed by atoms with Gasteiger partial charge in [0.25, 0.3) is 0 Å². The SMILES string of the molecule is COc1ccc(OC)c(NC(N)=NCc2nccc3ccccc23)c1.I. The Hall–Kier alpha value is -2.55. The maximum absolute atomic E-state index is 6.03. The Morgan fingerprint density at radius 1 is 1.12 bits per heavy atom. The minimum Gasteiger partial charge on any atom is -0.497 e. The zero-order valence-corrected chi connectivity index (χ0v) is 16.9. The van der Waals surface area contributed by atoms with Gasteiger partial charge in [0, 0.05) is 17.6 Å². The molecular formula is C19H21IN4O2. The van der Waals surface area contributed by atoms with Crippen LogP contribution < -0.4 is 20.5 Å². The summed E-state index contributed by atoms with van der Waals surface area (Å²) in [6, 6.07) is 15.5. The second kappa shape index (κ2) is 9.23. The molecule has 136 valence electrons. The molecule has 0 bridgehead atoms. The molecule has 0 amide bonds. The van der Waals surface area contributed by atoms with Crippen LogP contribution in [0.25, 0.3) is 10.8 Å². The van der Waals surface area contributed by atoms with Gasteiger partial charge in [0.05, 0.1) is 32.1 Å². The number of guanidine groups is 1. The van der Waals surface area contributed by atoms with Crippen LogP contribution in [0.1, 0.15) is 5.69 Å². The number of rotatable bonds is 5. The first-order valence-electron chi connectivity index (χ1n) is 7.83. The molecule has 0 radical (unpaired) electrons. The number of fused-ring (bicyclic) bond motifs is 1. The van der Waals surface area contributed by atoms with Crippen molar-refractivity contribution in [2.75, 3.05) is 19.5 Å². The molecule has 26 heavy (non-hydrogen) atoms. The summed E-state index contributed by atoms with van der Waals surface area (Å²) in [4.78, 5) is 8.81. The average molecular weight is 464 g/mol. The molecule has 0 spiro atoms. The summed E-state index contributed by atoms with van der Waals surface area (Å²) in [5.41, 5.74) is 7.59. The molecular weight excluding hydrogens is 443 g/mol. The lowest BCUT2D eigenvalue weighted by molar-refractivity contribution is 0.405. The van der Waals surface area contributed by atoms with E-state index >= 15 is 0 Å². The number of nitrogens with two attached hydrogens (primary N) is 1. The quantitative estimate of drug-likeness (QED) is 0.341. The normalized spacial score (nSPS) is 10.9. The monoisotopic (exact) mass is 464 g/mol. The number of hydrogen-bond acceptors (Lipinski definition) is 4. The van der Waals surface area contributed by atoms with E-state index in [1.165, 1.54) is 0 Å². The van der Waals surface area contributed by atoms with E-state index in [4.69, 9.17) is 15.2 Å². The lowest BCUT2D eigenvalue weighted by Crippen LogP contribution is -2.23. The third-order valence-electron chi connectivity index (χ3n) is 3.82. The molecule has 0 aliphatic carbocycles. The molecule has 6 nitrogen and oxygen atoms in total. The van der Waals surface area contributed by atoms with Crippen molar-refractivity contribution < 1.29 is 9.47 Å². The predicted octanol–water partition coefficient (Wildman–Crippen LogP) is 3.80. The first kappa shape index (κ1) is 19.8. The number of anilines is 1. The van der Waals surface area contributed by atoms with Crippen LogP contribution in [0.5, 0.6) is 11.5 Å². The predicted molar refractivity (Wildman–Crippen MR) is 116 cm³/mol. The van der Waals surface area contributed by atoms with Gasteiger partial charge in [0.2, 0.25) is 0 Å². The van der Waals surface area contributed by atoms with Gasteiger partial charge in [0.15, 0.2) is 5.96 Å². The second-order valence-corrected chi connectivity index (χ2v) is 5.37. The molecule has 3 aromatic rings. The van der Waals surface area contributed by atoms with E-state index in [9.17, 15) is 0 Å². The zero-order valence-electron chi connectivity index (χ0n) is 14.6. The highest BCUT2D eigenvalue weighted by Crippen LogP contribution is 2.28. The Morgan fingerprint density at radius 3 is 2.69 bits per heavy atom. The maximum Gasteiger partial charge on any atom is 0.193 e. The van der Waals surface area contributed by atoms with E-state index < -0.39 is 0 Å². The van der Waals surface area contributed by atoms with Crippen molar-refractivity contribution in [3.63, 3.8) is 0 Å². The van der Waals surface area contributed by atoms with Gasteiger partial charge in [0.1, 0.15) is 11.5 Å². The fraction of sp³-hybridized carbons (Fsp3) is 0.158. The van der Waals surface area contributed by atoms with Gasteiger partial charge in [-0.2, -0.15) is 0 Å². The van der Waals surface area contributed by atoms with Gasteiger partial charge in [-0.1, -0.05) is 24.3 Å². The van der Waals surface area contributed by atoms with Crippen molar-refractivity contribution >= 4 is 46.4 Å². The topological polar surface area (TPSA) is 81.8 Å². The van der Waals surface area contributed by atoms with Gasteiger partial charge in [-0.3, -0.25) is 4.98 Å². The van der Waals surface area contributed by atoms with Gasteiger partial charge < -0.3 is 20.5 Å². The molecule has 1 aromatic heterocycles. The number of methoxy groups -OCH3 is 2. The number of aliphatic imine (C=N–C) groups is 1. The Bertz CT molecular complexity index is 910. The van der Waals surface area contributed by atoms with Gasteiger partial charge in [-0.15, -0.1) is 24.0 Å². The summed E-state index contributed by atoms with van der Waals surface area (Å²) in [5.74, 6) is 1.63.